The molecular formula is C26H19NO2. The summed E-state index contributed by atoms with van der Waals surface area (Å²) >= 11 is 0. The second kappa shape index (κ2) is 6.42. The van der Waals surface area contributed by atoms with Crippen LogP contribution in [0.3, 0.4) is 0 Å². The van der Waals surface area contributed by atoms with E-state index in [-0.39, 0.29) is 11.1 Å². The molecule has 5 rings (SSSR count). The summed E-state index contributed by atoms with van der Waals surface area (Å²) in [6.07, 6.45) is 1.99. The fraction of sp³-hybridized carbons (Fsp3) is 0.0769. The number of aromatic nitrogens is 1. The summed E-state index contributed by atoms with van der Waals surface area (Å²) in [5.41, 5.74) is 3.25. The molecule has 2 heterocycles. The van der Waals surface area contributed by atoms with Gasteiger partial charge in [0.2, 0.25) is 0 Å². The number of aryl methyl sites for hydroxylation is 1. The standard InChI is InChI=1S/C26H19NO2/c1-3-19-23-15-18(17-9-5-4-6-10-17)13-14-22(23)26(29)27-24(19)16(2)20-11-7-8-12-21(20)25(27)28/h3-15H,1-2H3. The summed E-state index contributed by atoms with van der Waals surface area (Å²) in [4.78, 5) is 26.6. The van der Waals surface area contributed by atoms with Crippen LogP contribution in [-0.4, -0.2) is 4.40 Å². The molecule has 3 nitrogen and oxygen atoms in total. The molecule has 0 aliphatic carbocycles. The molecule has 0 radical (unpaired) electrons. The third-order valence-corrected chi connectivity index (χ3v) is 5.74. The second-order valence-corrected chi connectivity index (χ2v) is 7.29. The lowest BCUT2D eigenvalue weighted by molar-refractivity contribution is 1.06. The fourth-order valence-electron chi connectivity index (χ4n) is 4.33. The Morgan fingerprint density at radius 3 is 2.00 bits per heavy atom. The van der Waals surface area contributed by atoms with Gasteiger partial charge in [-0.25, -0.2) is 4.40 Å². The molecule has 3 heteroatoms. The van der Waals surface area contributed by atoms with E-state index in [0.717, 1.165) is 32.7 Å². The van der Waals surface area contributed by atoms with Crippen molar-refractivity contribution in [2.45, 2.75) is 13.8 Å². The third kappa shape index (κ3) is 2.44. The average molecular weight is 377 g/mol. The van der Waals surface area contributed by atoms with E-state index >= 15 is 0 Å². The summed E-state index contributed by atoms with van der Waals surface area (Å²) < 4.78 is 1.34. The van der Waals surface area contributed by atoms with Gasteiger partial charge in [-0.1, -0.05) is 60.7 Å². The molecular weight excluding hydrogens is 358 g/mol. The van der Waals surface area contributed by atoms with Gasteiger partial charge in [0.15, 0.2) is 0 Å². The topological polar surface area (TPSA) is 38.5 Å². The molecule has 0 bridgehead atoms. The Morgan fingerprint density at radius 1 is 0.690 bits per heavy atom. The molecule has 29 heavy (non-hydrogen) atoms. The Morgan fingerprint density at radius 2 is 1.31 bits per heavy atom. The van der Waals surface area contributed by atoms with Crippen LogP contribution < -0.4 is 16.3 Å². The van der Waals surface area contributed by atoms with E-state index in [9.17, 15) is 9.59 Å². The molecule has 140 valence electrons. The highest BCUT2D eigenvalue weighted by Gasteiger charge is 2.15. The molecule has 0 saturated heterocycles. The smallest absolute Gasteiger partial charge is 0.265 e. The third-order valence-electron chi connectivity index (χ3n) is 5.74. The zero-order valence-corrected chi connectivity index (χ0v) is 16.3. The van der Waals surface area contributed by atoms with Crippen molar-refractivity contribution in [3.05, 3.63) is 104 Å². The summed E-state index contributed by atoms with van der Waals surface area (Å²) in [6, 6.07) is 23.4. The van der Waals surface area contributed by atoms with Gasteiger partial charge in [0.05, 0.1) is 5.52 Å². The zero-order valence-electron chi connectivity index (χ0n) is 16.3. The summed E-state index contributed by atoms with van der Waals surface area (Å²) in [6.45, 7) is 3.93. The van der Waals surface area contributed by atoms with E-state index in [1.165, 1.54) is 4.40 Å². The van der Waals surface area contributed by atoms with E-state index < -0.39 is 0 Å². The molecule has 0 unspecified atom stereocenters. The Hall–Kier alpha value is -3.72. The van der Waals surface area contributed by atoms with Crippen LogP contribution in [0.15, 0.2) is 82.4 Å². The van der Waals surface area contributed by atoms with Gasteiger partial charge in [0.25, 0.3) is 11.1 Å². The summed E-state index contributed by atoms with van der Waals surface area (Å²) in [5, 5.41) is 3.80. The van der Waals surface area contributed by atoms with Crippen molar-refractivity contribution in [2.75, 3.05) is 0 Å². The minimum Gasteiger partial charge on any atom is -0.268 e. The van der Waals surface area contributed by atoms with Crippen molar-refractivity contribution in [2.24, 2.45) is 0 Å². The van der Waals surface area contributed by atoms with Crippen molar-refractivity contribution < 1.29 is 0 Å². The predicted molar refractivity (Wildman–Crippen MR) is 120 cm³/mol. The maximum atomic E-state index is 13.4. The quantitative estimate of drug-likeness (QED) is 0.405. The normalized spacial score (nSPS) is 12.3. The first-order valence-corrected chi connectivity index (χ1v) is 9.67. The molecule has 0 N–H and O–H groups in total. The molecule has 0 fully saturated rings. The molecule has 0 aliphatic heterocycles. The van der Waals surface area contributed by atoms with Gasteiger partial charge in [0.1, 0.15) is 0 Å². The van der Waals surface area contributed by atoms with E-state index in [0.29, 0.717) is 16.3 Å². The number of benzene rings is 3. The number of rotatable bonds is 1. The molecule has 0 amide bonds. The van der Waals surface area contributed by atoms with E-state index in [1.807, 2.05) is 68.5 Å². The van der Waals surface area contributed by atoms with Crippen molar-refractivity contribution in [1.29, 1.82) is 0 Å². The molecule has 0 aliphatic rings. The van der Waals surface area contributed by atoms with Gasteiger partial charge in [-0.3, -0.25) is 9.59 Å². The van der Waals surface area contributed by atoms with Crippen LogP contribution in [0.1, 0.15) is 12.5 Å². The highest BCUT2D eigenvalue weighted by atomic mass is 16.2. The van der Waals surface area contributed by atoms with Crippen molar-refractivity contribution in [1.82, 2.24) is 4.40 Å². The Balaban J connectivity index is 2.05. The van der Waals surface area contributed by atoms with Gasteiger partial charge in [-0.15, -0.1) is 0 Å². The first-order chi connectivity index (χ1) is 14.1. The first-order valence-electron chi connectivity index (χ1n) is 9.67. The SMILES string of the molecule is CC=c1c2cc(-c3ccccc3)ccc2c(=O)n2c(=O)c3ccccc3c(C)c12. The Bertz CT molecular complexity index is 1600. The van der Waals surface area contributed by atoms with Gasteiger partial charge in [-0.05, 0) is 59.5 Å². The van der Waals surface area contributed by atoms with Gasteiger partial charge >= 0.3 is 0 Å². The van der Waals surface area contributed by atoms with Crippen molar-refractivity contribution >= 4 is 33.1 Å². The maximum Gasteiger partial charge on any atom is 0.265 e. The summed E-state index contributed by atoms with van der Waals surface area (Å²) in [7, 11) is 0. The highest BCUT2D eigenvalue weighted by Crippen LogP contribution is 2.23. The van der Waals surface area contributed by atoms with E-state index in [4.69, 9.17) is 0 Å². The number of hydrogen-bond donors (Lipinski definition) is 0. The van der Waals surface area contributed by atoms with Gasteiger partial charge < -0.3 is 0 Å². The van der Waals surface area contributed by atoms with Crippen LogP contribution in [0.2, 0.25) is 0 Å². The summed E-state index contributed by atoms with van der Waals surface area (Å²) in [5.74, 6) is 0. The van der Waals surface area contributed by atoms with Gasteiger partial charge in [0, 0.05) is 16.0 Å². The van der Waals surface area contributed by atoms with Gasteiger partial charge in [-0.2, -0.15) is 0 Å². The highest BCUT2D eigenvalue weighted by molar-refractivity contribution is 5.96. The molecule has 2 aromatic heterocycles. The second-order valence-electron chi connectivity index (χ2n) is 7.29. The number of pyridine rings is 2. The zero-order chi connectivity index (χ0) is 20.1. The number of fused-ring (bicyclic) bond motifs is 3. The minimum absolute atomic E-state index is 0.261. The predicted octanol–water partition coefficient (Wildman–Crippen LogP) is 4.46. The fourth-order valence-corrected chi connectivity index (χ4v) is 4.33. The maximum absolute atomic E-state index is 13.4. The average Bonchev–Trinajstić information content (AvgIpc) is 2.77. The Labute approximate surface area is 167 Å². The van der Waals surface area contributed by atoms with Crippen molar-refractivity contribution in [3.63, 3.8) is 0 Å². The largest absolute Gasteiger partial charge is 0.268 e. The van der Waals surface area contributed by atoms with Crippen molar-refractivity contribution in [3.8, 4) is 11.1 Å². The lowest BCUT2D eigenvalue weighted by Gasteiger charge is -2.12. The minimum atomic E-state index is -0.265. The van der Waals surface area contributed by atoms with Crippen LogP contribution in [0.25, 0.3) is 44.3 Å². The monoisotopic (exact) mass is 377 g/mol. The molecule has 0 saturated carbocycles. The van der Waals surface area contributed by atoms with E-state index in [2.05, 4.69) is 18.2 Å². The van der Waals surface area contributed by atoms with Crippen LogP contribution >= 0.6 is 0 Å². The van der Waals surface area contributed by atoms with Crippen LogP contribution in [-0.2, 0) is 0 Å². The number of nitrogens with zero attached hydrogens (tertiary/aromatic N) is 1. The molecule has 5 aromatic rings. The Kier molecular flexibility index (Phi) is 3.85. The lowest BCUT2D eigenvalue weighted by Crippen LogP contribution is -2.32. The first kappa shape index (κ1) is 17.4. The van der Waals surface area contributed by atoms with Crippen LogP contribution in [0.5, 0.6) is 0 Å². The molecule has 0 atom stereocenters. The molecule has 0 spiro atoms. The number of hydrogen-bond acceptors (Lipinski definition) is 2. The van der Waals surface area contributed by atoms with Crippen LogP contribution in [0.4, 0.5) is 0 Å². The lowest BCUT2D eigenvalue weighted by atomic mass is 9.98. The van der Waals surface area contributed by atoms with Crippen LogP contribution in [0, 0.1) is 6.92 Å². The molecule has 3 aromatic carbocycles. The van der Waals surface area contributed by atoms with E-state index in [1.54, 1.807) is 6.07 Å².